The summed E-state index contributed by atoms with van der Waals surface area (Å²) in [4.78, 5) is 11.5. The Kier molecular flexibility index (Phi) is 5.83. The van der Waals surface area contributed by atoms with Crippen LogP contribution in [0.25, 0.3) is 0 Å². The minimum absolute atomic E-state index is 0.0665. The molecule has 0 fully saturated rings. The van der Waals surface area contributed by atoms with Gasteiger partial charge in [-0.2, -0.15) is 0 Å². The van der Waals surface area contributed by atoms with Crippen molar-refractivity contribution in [3.05, 3.63) is 29.8 Å². The van der Waals surface area contributed by atoms with E-state index >= 15 is 0 Å². The van der Waals surface area contributed by atoms with Gasteiger partial charge in [0.1, 0.15) is 5.75 Å². The second-order valence-corrected chi connectivity index (χ2v) is 4.98. The lowest BCUT2D eigenvalue weighted by molar-refractivity contribution is -0.141. The number of rotatable bonds is 6. The quantitative estimate of drug-likeness (QED) is 0.803. The molecule has 1 aromatic rings. The average Bonchev–Trinajstić information content (AvgIpc) is 2.34. The van der Waals surface area contributed by atoms with Gasteiger partial charge in [-0.15, -0.1) is 0 Å². The Morgan fingerprint density at radius 3 is 2.53 bits per heavy atom. The largest absolute Gasteiger partial charge is 0.491 e. The lowest BCUT2D eigenvalue weighted by atomic mass is 9.90. The van der Waals surface area contributed by atoms with Crippen LogP contribution in [0.2, 0.25) is 0 Å². The summed E-state index contributed by atoms with van der Waals surface area (Å²) in [5, 5.41) is 0. The van der Waals surface area contributed by atoms with E-state index in [2.05, 4.69) is 0 Å². The molecule has 0 aliphatic carbocycles. The molecule has 0 saturated heterocycles. The Hall–Kier alpha value is -1.55. The number of benzene rings is 1. The Balaban J connectivity index is 2.92. The van der Waals surface area contributed by atoms with Gasteiger partial charge >= 0.3 is 5.97 Å². The van der Waals surface area contributed by atoms with Crippen molar-refractivity contribution in [1.29, 1.82) is 0 Å². The zero-order valence-electron chi connectivity index (χ0n) is 12.1. The summed E-state index contributed by atoms with van der Waals surface area (Å²) >= 11 is 0. The standard InChI is InChI=1S/C15H23NO3/c1-10(2)19-13-7-5-6-12(8-13)14(11(3)16)9-15(17)18-4/h5-8,10-11,14H,9,16H2,1-4H3. The van der Waals surface area contributed by atoms with Gasteiger partial charge in [-0.25, -0.2) is 0 Å². The van der Waals surface area contributed by atoms with Crippen molar-refractivity contribution < 1.29 is 14.3 Å². The van der Waals surface area contributed by atoms with Crippen molar-refractivity contribution in [2.45, 2.75) is 45.3 Å². The molecule has 1 rings (SSSR count). The average molecular weight is 265 g/mol. The molecule has 0 spiro atoms. The van der Waals surface area contributed by atoms with Crippen molar-refractivity contribution in [3.63, 3.8) is 0 Å². The third-order valence-corrected chi connectivity index (χ3v) is 2.91. The molecule has 0 aliphatic heterocycles. The summed E-state index contributed by atoms with van der Waals surface area (Å²) in [5.41, 5.74) is 6.97. The first-order chi connectivity index (χ1) is 8.93. The fourth-order valence-corrected chi connectivity index (χ4v) is 1.96. The maximum Gasteiger partial charge on any atom is 0.306 e. The molecular formula is C15H23NO3. The Morgan fingerprint density at radius 2 is 2.00 bits per heavy atom. The van der Waals surface area contributed by atoms with E-state index in [1.165, 1.54) is 7.11 Å². The lowest BCUT2D eigenvalue weighted by Gasteiger charge is -2.21. The van der Waals surface area contributed by atoms with E-state index in [-0.39, 0.29) is 30.5 Å². The molecule has 2 atom stereocenters. The van der Waals surface area contributed by atoms with E-state index in [0.29, 0.717) is 0 Å². The van der Waals surface area contributed by atoms with Gasteiger partial charge in [0.15, 0.2) is 0 Å². The van der Waals surface area contributed by atoms with Gasteiger partial charge in [0.2, 0.25) is 0 Å². The summed E-state index contributed by atoms with van der Waals surface area (Å²) in [6, 6.07) is 7.59. The van der Waals surface area contributed by atoms with Crippen LogP contribution in [-0.4, -0.2) is 25.2 Å². The molecule has 4 nitrogen and oxygen atoms in total. The SMILES string of the molecule is COC(=O)CC(c1cccc(OC(C)C)c1)C(C)N. The number of nitrogens with two attached hydrogens (primary N) is 1. The van der Waals surface area contributed by atoms with Gasteiger partial charge in [-0.1, -0.05) is 12.1 Å². The highest BCUT2D eigenvalue weighted by Gasteiger charge is 2.21. The molecule has 0 aliphatic rings. The maximum atomic E-state index is 11.5. The number of carbonyl (C=O) groups excluding carboxylic acids is 1. The third-order valence-electron chi connectivity index (χ3n) is 2.91. The molecule has 0 heterocycles. The fourth-order valence-electron chi connectivity index (χ4n) is 1.96. The lowest BCUT2D eigenvalue weighted by Crippen LogP contribution is -2.27. The topological polar surface area (TPSA) is 61.5 Å². The Labute approximate surface area is 114 Å². The normalized spacial score (nSPS) is 14.0. The van der Waals surface area contributed by atoms with E-state index < -0.39 is 0 Å². The van der Waals surface area contributed by atoms with E-state index in [1.54, 1.807) is 0 Å². The van der Waals surface area contributed by atoms with Crippen LogP contribution in [0, 0.1) is 0 Å². The predicted octanol–water partition coefficient (Wildman–Crippen LogP) is 2.47. The van der Waals surface area contributed by atoms with Crippen LogP contribution in [0.5, 0.6) is 5.75 Å². The molecule has 2 N–H and O–H groups in total. The van der Waals surface area contributed by atoms with Crippen LogP contribution in [0.1, 0.15) is 38.7 Å². The van der Waals surface area contributed by atoms with Crippen LogP contribution < -0.4 is 10.5 Å². The molecule has 0 radical (unpaired) electrons. The summed E-state index contributed by atoms with van der Waals surface area (Å²) in [5.74, 6) is 0.476. The van der Waals surface area contributed by atoms with Gasteiger partial charge in [-0.05, 0) is 38.5 Å². The van der Waals surface area contributed by atoms with Gasteiger partial charge < -0.3 is 15.2 Å². The minimum Gasteiger partial charge on any atom is -0.491 e. The van der Waals surface area contributed by atoms with Crippen molar-refractivity contribution in [2.75, 3.05) is 7.11 Å². The van der Waals surface area contributed by atoms with Crippen LogP contribution in [0.15, 0.2) is 24.3 Å². The Bertz CT molecular complexity index is 416. The van der Waals surface area contributed by atoms with Gasteiger partial charge in [-0.3, -0.25) is 4.79 Å². The molecule has 106 valence electrons. The number of methoxy groups -OCH3 is 1. The van der Waals surface area contributed by atoms with E-state index in [0.717, 1.165) is 11.3 Å². The highest BCUT2D eigenvalue weighted by molar-refractivity contribution is 5.70. The van der Waals surface area contributed by atoms with E-state index in [1.807, 2.05) is 45.0 Å². The van der Waals surface area contributed by atoms with Crippen molar-refractivity contribution in [2.24, 2.45) is 5.73 Å². The fraction of sp³-hybridized carbons (Fsp3) is 0.533. The first-order valence-electron chi connectivity index (χ1n) is 6.53. The van der Waals surface area contributed by atoms with Gasteiger partial charge in [0.05, 0.1) is 19.6 Å². The minimum atomic E-state index is -0.252. The monoisotopic (exact) mass is 265 g/mol. The molecule has 0 bridgehead atoms. The van der Waals surface area contributed by atoms with Crippen molar-refractivity contribution in [3.8, 4) is 5.75 Å². The maximum absolute atomic E-state index is 11.5. The second-order valence-electron chi connectivity index (χ2n) is 4.98. The van der Waals surface area contributed by atoms with Crippen LogP contribution in [0.3, 0.4) is 0 Å². The molecule has 0 saturated carbocycles. The number of hydrogen-bond donors (Lipinski definition) is 1. The van der Waals surface area contributed by atoms with Crippen molar-refractivity contribution in [1.82, 2.24) is 0 Å². The second kappa shape index (κ2) is 7.14. The van der Waals surface area contributed by atoms with E-state index in [9.17, 15) is 4.79 Å². The summed E-state index contributed by atoms with van der Waals surface area (Å²) in [6.45, 7) is 5.85. The highest BCUT2D eigenvalue weighted by Crippen LogP contribution is 2.26. The smallest absolute Gasteiger partial charge is 0.306 e. The number of esters is 1. The van der Waals surface area contributed by atoms with Gasteiger partial charge in [0.25, 0.3) is 0 Å². The zero-order chi connectivity index (χ0) is 14.4. The summed E-state index contributed by atoms with van der Waals surface area (Å²) in [6.07, 6.45) is 0.392. The molecule has 0 aromatic heterocycles. The summed E-state index contributed by atoms with van der Waals surface area (Å²) < 4.78 is 10.4. The molecule has 2 unspecified atom stereocenters. The molecular weight excluding hydrogens is 242 g/mol. The van der Waals surface area contributed by atoms with Crippen LogP contribution in [0.4, 0.5) is 0 Å². The van der Waals surface area contributed by atoms with E-state index in [4.69, 9.17) is 15.2 Å². The highest BCUT2D eigenvalue weighted by atomic mass is 16.5. The van der Waals surface area contributed by atoms with Gasteiger partial charge in [0, 0.05) is 12.0 Å². The predicted molar refractivity (Wildman–Crippen MR) is 75.2 cm³/mol. The molecule has 4 heteroatoms. The van der Waals surface area contributed by atoms with Crippen molar-refractivity contribution >= 4 is 5.97 Å². The Morgan fingerprint density at radius 1 is 1.32 bits per heavy atom. The first kappa shape index (κ1) is 15.5. The number of carbonyl (C=O) groups is 1. The number of hydrogen-bond acceptors (Lipinski definition) is 4. The van der Waals surface area contributed by atoms with Crippen LogP contribution in [-0.2, 0) is 9.53 Å². The number of ether oxygens (including phenoxy) is 2. The third kappa shape index (κ3) is 4.91. The molecule has 1 aromatic carbocycles. The zero-order valence-corrected chi connectivity index (χ0v) is 12.1. The molecule has 0 amide bonds. The molecule has 19 heavy (non-hydrogen) atoms. The summed E-state index contributed by atoms with van der Waals surface area (Å²) in [7, 11) is 1.39. The first-order valence-corrected chi connectivity index (χ1v) is 6.53. The van der Waals surface area contributed by atoms with Crippen LogP contribution >= 0.6 is 0 Å².